The van der Waals surface area contributed by atoms with Crippen molar-refractivity contribution in [3.63, 3.8) is 0 Å². The van der Waals surface area contributed by atoms with Gasteiger partial charge in [0, 0.05) is 25.5 Å². The van der Waals surface area contributed by atoms with E-state index in [9.17, 15) is 9.90 Å². The van der Waals surface area contributed by atoms with Gasteiger partial charge in [0.2, 0.25) is 11.9 Å². The number of carbonyl (C=O) groups is 1. The van der Waals surface area contributed by atoms with Gasteiger partial charge in [-0.3, -0.25) is 4.79 Å². The van der Waals surface area contributed by atoms with Gasteiger partial charge in [-0.1, -0.05) is 0 Å². The number of nitrogens with zero attached hydrogens (tertiary/aromatic N) is 3. The first kappa shape index (κ1) is 17.0. The second-order valence-electron chi connectivity index (χ2n) is 5.50. The molecule has 0 spiro atoms. The van der Waals surface area contributed by atoms with Crippen LogP contribution in [0.4, 0.5) is 5.95 Å². The maximum Gasteiger partial charge on any atom is 0.225 e. The minimum atomic E-state index is -0.150. The van der Waals surface area contributed by atoms with Crippen LogP contribution >= 0.6 is 11.8 Å². The summed E-state index contributed by atoms with van der Waals surface area (Å²) in [6, 6.07) is 1.64. The van der Waals surface area contributed by atoms with Gasteiger partial charge < -0.3 is 15.3 Å². The number of rotatable bonds is 7. The Morgan fingerprint density at radius 1 is 1.55 bits per heavy atom. The predicted octanol–water partition coefficient (Wildman–Crippen LogP) is 0.923. The zero-order chi connectivity index (χ0) is 15.8. The molecule has 2 heterocycles. The Kier molecular flexibility index (Phi) is 6.92. The van der Waals surface area contributed by atoms with Crippen molar-refractivity contribution in [1.82, 2.24) is 15.3 Å². The van der Waals surface area contributed by atoms with Crippen LogP contribution in [0.25, 0.3) is 0 Å². The van der Waals surface area contributed by atoms with Crippen LogP contribution in [0.2, 0.25) is 0 Å². The molecule has 1 aromatic heterocycles. The third-order valence-corrected chi connectivity index (χ3v) is 4.51. The lowest BCUT2D eigenvalue weighted by atomic mass is 9.97. The van der Waals surface area contributed by atoms with E-state index in [1.54, 1.807) is 30.2 Å². The lowest BCUT2D eigenvalue weighted by molar-refractivity contribution is -0.126. The first-order valence-electron chi connectivity index (χ1n) is 7.66. The molecular formula is C15H24N4O2S. The number of aliphatic hydroxyl groups excluding tert-OH is 1. The van der Waals surface area contributed by atoms with Crippen molar-refractivity contribution < 1.29 is 9.90 Å². The van der Waals surface area contributed by atoms with E-state index in [4.69, 9.17) is 0 Å². The molecule has 1 aliphatic heterocycles. The summed E-state index contributed by atoms with van der Waals surface area (Å²) < 4.78 is 0. The molecule has 2 N–H and O–H groups in total. The second kappa shape index (κ2) is 8.95. The van der Waals surface area contributed by atoms with Gasteiger partial charge in [-0.2, -0.15) is 11.8 Å². The van der Waals surface area contributed by atoms with Crippen molar-refractivity contribution in [2.75, 3.05) is 36.6 Å². The van der Waals surface area contributed by atoms with Crippen LogP contribution in [0, 0.1) is 5.92 Å². The third-order valence-electron chi connectivity index (χ3n) is 3.86. The van der Waals surface area contributed by atoms with Gasteiger partial charge in [0.05, 0.1) is 18.6 Å². The van der Waals surface area contributed by atoms with Gasteiger partial charge in [0.25, 0.3) is 0 Å². The average molecular weight is 324 g/mol. The summed E-state index contributed by atoms with van der Waals surface area (Å²) in [5, 5.41) is 12.3. The van der Waals surface area contributed by atoms with E-state index in [1.165, 1.54) is 0 Å². The van der Waals surface area contributed by atoms with Crippen LogP contribution in [0.1, 0.15) is 19.3 Å². The van der Waals surface area contributed by atoms with Crippen LogP contribution < -0.4 is 10.2 Å². The van der Waals surface area contributed by atoms with Crippen molar-refractivity contribution in [3.8, 4) is 0 Å². The number of aliphatic hydroxyl groups is 1. The minimum Gasteiger partial charge on any atom is -0.394 e. The zero-order valence-electron chi connectivity index (χ0n) is 12.9. The van der Waals surface area contributed by atoms with E-state index < -0.39 is 0 Å². The molecule has 1 aromatic rings. The van der Waals surface area contributed by atoms with Gasteiger partial charge in [-0.25, -0.2) is 9.97 Å². The molecule has 7 heteroatoms. The van der Waals surface area contributed by atoms with E-state index in [0.29, 0.717) is 12.5 Å². The fourth-order valence-corrected chi connectivity index (χ4v) is 3.14. The normalized spacial score (nSPS) is 19.7. The summed E-state index contributed by atoms with van der Waals surface area (Å²) in [5.74, 6) is 1.57. The first-order valence-corrected chi connectivity index (χ1v) is 9.06. The van der Waals surface area contributed by atoms with E-state index in [0.717, 1.165) is 31.6 Å². The summed E-state index contributed by atoms with van der Waals surface area (Å²) in [7, 11) is 0. The smallest absolute Gasteiger partial charge is 0.225 e. The molecule has 1 saturated heterocycles. The molecule has 0 saturated carbocycles. The Labute approximate surface area is 135 Å². The fraction of sp³-hybridized carbons (Fsp3) is 0.667. The molecule has 0 unspecified atom stereocenters. The fourth-order valence-electron chi connectivity index (χ4n) is 2.62. The van der Waals surface area contributed by atoms with Gasteiger partial charge in [0.15, 0.2) is 0 Å². The van der Waals surface area contributed by atoms with Crippen LogP contribution in [0.5, 0.6) is 0 Å². The molecule has 122 valence electrons. The lowest BCUT2D eigenvalue weighted by Crippen LogP contribution is -2.47. The number of hydrogen-bond donors (Lipinski definition) is 2. The summed E-state index contributed by atoms with van der Waals surface area (Å²) >= 11 is 1.72. The molecule has 0 radical (unpaired) electrons. The Balaban J connectivity index is 1.89. The number of hydrogen-bond acceptors (Lipinski definition) is 6. The van der Waals surface area contributed by atoms with Crippen LogP contribution in [0.3, 0.4) is 0 Å². The summed E-state index contributed by atoms with van der Waals surface area (Å²) in [5.41, 5.74) is 0. The Hall–Kier alpha value is -1.34. The van der Waals surface area contributed by atoms with E-state index in [1.807, 2.05) is 6.26 Å². The number of anilines is 1. The lowest BCUT2D eigenvalue weighted by Gasteiger charge is -2.32. The van der Waals surface area contributed by atoms with Crippen LogP contribution in [0.15, 0.2) is 18.5 Å². The second-order valence-corrected chi connectivity index (χ2v) is 6.49. The molecule has 0 bridgehead atoms. The van der Waals surface area contributed by atoms with Crippen molar-refractivity contribution in [2.45, 2.75) is 25.3 Å². The number of carbonyl (C=O) groups excluding carboxylic acids is 1. The quantitative estimate of drug-likeness (QED) is 0.777. The topological polar surface area (TPSA) is 78.4 Å². The molecule has 1 fully saturated rings. The molecule has 0 aromatic carbocycles. The molecule has 2 atom stereocenters. The van der Waals surface area contributed by atoms with Gasteiger partial charge in [-0.05, 0) is 37.3 Å². The van der Waals surface area contributed by atoms with Crippen molar-refractivity contribution >= 4 is 23.6 Å². The maximum atomic E-state index is 12.4. The largest absolute Gasteiger partial charge is 0.394 e. The molecule has 0 aliphatic carbocycles. The molecule has 6 nitrogen and oxygen atoms in total. The Morgan fingerprint density at radius 3 is 3.00 bits per heavy atom. The highest BCUT2D eigenvalue weighted by Gasteiger charge is 2.28. The van der Waals surface area contributed by atoms with Gasteiger partial charge in [0.1, 0.15) is 0 Å². The number of thioether (sulfide) groups is 1. The standard InChI is InChI=1S/C15H24N4O2S/c1-22-9-5-13(11-20)18-14(21)12-4-2-8-19(10-12)15-16-6-3-7-17-15/h3,6-7,12-13,20H,2,4-5,8-11H2,1H3,(H,18,21)/t12-,13-/m1/s1. The highest BCUT2D eigenvalue weighted by Crippen LogP contribution is 2.20. The minimum absolute atomic E-state index is 0.00939. The Bertz CT molecular complexity index is 460. The van der Waals surface area contributed by atoms with Crippen LogP contribution in [-0.2, 0) is 4.79 Å². The van der Waals surface area contributed by atoms with E-state index in [-0.39, 0.29) is 24.5 Å². The Morgan fingerprint density at radius 2 is 2.32 bits per heavy atom. The first-order chi connectivity index (χ1) is 10.7. The molecule has 22 heavy (non-hydrogen) atoms. The summed E-state index contributed by atoms with van der Waals surface area (Å²) in [6.45, 7) is 1.50. The number of nitrogens with one attached hydrogen (secondary N) is 1. The maximum absolute atomic E-state index is 12.4. The summed E-state index contributed by atoms with van der Waals surface area (Å²) in [6.07, 6.45) is 8.07. The number of piperidine rings is 1. The molecule has 2 rings (SSSR count). The monoisotopic (exact) mass is 324 g/mol. The number of aromatic nitrogens is 2. The average Bonchev–Trinajstić information content (AvgIpc) is 2.59. The van der Waals surface area contributed by atoms with E-state index in [2.05, 4.69) is 20.2 Å². The summed E-state index contributed by atoms with van der Waals surface area (Å²) in [4.78, 5) is 23.0. The third kappa shape index (κ3) is 4.84. The van der Waals surface area contributed by atoms with Crippen molar-refractivity contribution in [2.24, 2.45) is 5.92 Å². The predicted molar refractivity (Wildman–Crippen MR) is 89.0 cm³/mol. The van der Waals surface area contributed by atoms with Crippen molar-refractivity contribution in [1.29, 1.82) is 0 Å². The number of amides is 1. The highest BCUT2D eigenvalue weighted by atomic mass is 32.2. The molecule has 1 amide bonds. The van der Waals surface area contributed by atoms with Crippen LogP contribution in [-0.4, -0.2) is 58.7 Å². The molecular weight excluding hydrogens is 300 g/mol. The zero-order valence-corrected chi connectivity index (χ0v) is 13.8. The van der Waals surface area contributed by atoms with Crippen molar-refractivity contribution in [3.05, 3.63) is 18.5 Å². The van der Waals surface area contributed by atoms with Gasteiger partial charge >= 0.3 is 0 Å². The van der Waals surface area contributed by atoms with E-state index >= 15 is 0 Å². The SMILES string of the molecule is CSCC[C@H](CO)NC(=O)[C@@H]1CCCN(c2ncccn2)C1. The molecule has 1 aliphatic rings. The highest BCUT2D eigenvalue weighted by molar-refractivity contribution is 7.98. The van der Waals surface area contributed by atoms with Gasteiger partial charge in [-0.15, -0.1) is 0 Å².